The molecule has 0 spiro atoms. The van der Waals surface area contributed by atoms with Gasteiger partial charge in [-0.2, -0.15) is 5.10 Å². The highest BCUT2D eigenvalue weighted by atomic mass is 35.5. The van der Waals surface area contributed by atoms with E-state index in [1.54, 1.807) is 25.3 Å². The Morgan fingerprint density at radius 2 is 2.18 bits per heavy atom. The second-order valence-corrected chi connectivity index (χ2v) is 10.1. The topological polar surface area (TPSA) is 87.7 Å². The fraction of sp³-hybridized carbons (Fsp3) is 0.273. The molecule has 2 heterocycles. The average molecular weight is 507 g/mol. The van der Waals surface area contributed by atoms with Crippen LogP contribution in [0.5, 0.6) is 0 Å². The molecule has 0 bridgehead atoms. The summed E-state index contributed by atoms with van der Waals surface area (Å²) in [4.78, 5) is 28.4. The Morgan fingerprint density at radius 1 is 1.39 bits per heavy atom. The summed E-state index contributed by atoms with van der Waals surface area (Å²) in [5.74, 6) is -1.44. The van der Waals surface area contributed by atoms with Crippen molar-refractivity contribution in [3.05, 3.63) is 35.2 Å². The van der Waals surface area contributed by atoms with E-state index in [1.807, 2.05) is 6.07 Å². The monoisotopic (exact) mass is 506 g/mol. The van der Waals surface area contributed by atoms with Gasteiger partial charge >= 0.3 is 0 Å². The van der Waals surface area contributed by atoms with Crippen molar-refractivity contribution in [2.75, 3.05) is 11.1 Å². The number of H-pyrrole nitrogens is 1. The van der Waals surface area contributed by atoms with Gasteiger partial charge in [-0.1, -0.05) is 35.9 Å². The summed E-state index contributed by atoms with van der Waals surface area (Å²) in [6.07, 6.45) is 1.11. The predicted octanol–water partition coefficient (Wildman–Crippen LogP) is 6.00. The van der Waals surface area contributed by atoms with Gasteiger partial charge in [0.1, 0.15) is 12.0 Å². The minimum absolute atomic E-state index is 0.00882. The van der Waals surface area contributed by atoms with Crippen molar-refractivity contribution in [1.29, 1.82) is 0 Å². The van der Waals surface area contributed by atoms with E-state index in [1.165, 1.54) is 11.3 Å². The number of carbonyl (C=O) groups is 2. The molecule has 2 aromatic carbocycles. The Morgan fingerprint density at radius 3 is 2.91 bits per heavy atom. The van der Waals surface area contributed by atoms with Crippen molar-refractivity contribution in [1.82, 2.24) is 15.2 Å². The van der Waals surface area contributed by atoms with Crippen molar-refractivity contribution in [2.45, 2.75) is 30.8 Å². The summed E-state index contributed by atoms with van der Waals surface area (Å²) in [6.45, 7) is 1.76. The lowest BCUT2D eigenvalue weighted by Gasteiger charge is -2.12. The number of hydrogen-bond acceptors (Lipinski definition) is 6. The highest BCUT2D eigenvalue weighted by Gasteiger charge is 2.43. The van der Waals surface area contributed by atoms with Crippen molar-refractivity contribution in [2.24, 2.45) is 5.92 Å². The Labute approximate surface area is 200 Å². The van der Waals surface area contributed by atoms with Gasteiger partial charge in [0, 0.05) is 17.4 Å². The zero-order valence-electron chi connectivity index (χ0n) is 17.2. The van der Waals surface area contributed by atoms with E-state index in [-0.39, 0.29) is 33.8 Å². The smallest absolute Gasteiger partial charge is 0.232 e. The van der Waals surface area contributed by atoms with E-state index in [9.17, 15) is 14.0 Å². The van der Waals surface area contributed by atoms with Crippen molar-refractivity contribution in [3.8, 4) is 11.1 Å². The van der Waals surface area contributed by atoms with Crippen LogP contribution in [0.15, 0.2) is 29.3 Å². The number of rotatable bonds is 7. The van der Waals surface area contributed by atoms with E-state index >= 15 is 4.39 Å². The summed E-state index contributed by atoms with van der Waals surface area (Å²) in [5.41, 5.74) is 2.26. The summed E-state index contributed by atoms with van der Waals surface area (Å²) >= 11 is 8.82. The SMILES string of the molecule is CCC(=O)CSc1c(F)c(Cl)c(-c2ccc3nc(NC(=O)[C@@H]4C[C@@H]4F)sc3c2)c2cn[nH]c12. The third kappa shape index (κ3) is 4.11. The molecule has 2 aromatic heterocycles. The summed E-state index contributed by atoms with van der Waals surface area (Å²) in [7, 11) is 0. The summed E-state index contributed by atoms with van der Waals surface area (Å²) in [5, 5.41) is 10.5. The third-order valence-electron chi connectivity index (χ3n) is 5.48. The molecule has 0 aliphatic heterocycles. The first-order valence-corrected chi connectivity index (χ1v) is 12.4. The number of thiazole rings is 1. The maximum atomic E-state index is 15.3. The van der Waals surface area contributed by atoms with Crippen LogP contribution in [-0.2, 0) is 9.59 Å². The fourth-order valence-electron chi connectivity index (χ4n) is 3.53. The molecular weight excluding hydrogens is 490 g/mol. The number of fused-ring (bicyclic) bond motifs is 2. The van der Waals surface area contributed by atoms with Crippen molar-refractivity contribution in [3.63, 3.8) is 0 Å². The average Bonchev–Trinajstić information content (AvgIpc) is 3.17. The first-order valence-electron chi connectivity index (χ1n) is 10.2. The molecule has 1 saturated carbocycles. The van der Waals surface area contributed by atoms with Gasteiger partial charge in [-0.05, 0) is 24.1 Å². The molecule has 2 N–H and O–H groups in total. The van der Waals surface area contributed by atoms with E-state index < -0.39 is 17.9 Å². The zero-order valence-corrected chi connectivity index (χ0v) is 19.6. The number of alkyl halides is 1. The standard InChI is InChI=1S/C22H17ClF2N4O2S2/c1-2-10(30)8-32-20-18(25)17(23)16(12-7-26-29-19(12)20)9-3-4-14-15(5-9)33-22(27-14)28-21(31)11-6-13(11)24/h3-5,7,11,13H,2,6,8H2,1H3,(H,26,29)(H,27,28,31)/t11-,13+/m1/s1. The van der Waals surface area contributed by atoms with Crippen LogP contribution < -0.4 is 5.32 Å². The van der Waals surface area contributed by atoms with Gasteiger partial charge in [0.25, 0.3) is 0 Å². The fourth-order valence-corrected chi connectivity index (χ4v) is 5.83. The first-order chi connectivity index (χ1) is 15.9. The number of aromatic amines is 1. The predicted molar refractivity (Wildman–Crippen MR) is 127 cm³/mol. The van der Waals surface area contributed by atoms with Gasteiger partial charge in [-0.3, -0.25) is 14.7 Å². The Balaban J connectivity index is 1.52. The molecule has 0 unspecified atom stereocenters. The number of anilines is 1. The highest BCUT2D eigenvalue weighted by Crippen LogP contribution is 2.43. The molecule has 33 heavy (non-hydrogen) atoms. The molecule has 4 aromatic rings. The van der Waals surface area contributed by atoms with Crippen LogP contribution >= 0.6 is 34.7 Å². The van der Waals surface area contributed by atoms with Gasteiger partial charge in [-0.15, -0.1) is 11.8 Å². The van der Waals surface area contributed by atoms with Gasteiger partial charge in [0.15, 0.2) is 10.9 Å². The molecule has 1 aliphatic carbocycles. The third-order valence-corrected chi connectivity index (χ3v) is 7.90. The van der Waals surface area contributed by atoms with E-state index in [0.717, 1.165) is 16.5 Å². The number of aromatic nitrogens is 3. The number of amides is 1. The number of carbonyl (C=O) groups excluding carboxylic acids is 2. The number of ketones is 1. The molecule has 2 atom stereocenters. The molecule has 1 fully saturated rings. The maximum absolute atomic E-state index is 15.3. The van der Waals surface area contributed by atoms with Crippen LogP contribution in [0, 0.1) is 11.7 Å². The Kier molecular flexibility index (Phi) is 5.84. The number of nitrogens with zero attached hydrogens (tertiary/aromatic N) is 2. The number of thioether (sulfide) groups is 1. The Bertz CT molecular complexity index is 1420. The number of benzene rings is 2. The molecule has 0 radical (unpaired) electrons. The summed E-state index contributed by atoms with van der Waals surface area (Å²) in [6, 6.07) is 5.35. The van der Waals surface area contributed by atoms with Crippen LogP contribution in [0.4, 0.5) is 13.9 Å². The maximum Gasteiger partial charge on any atom is 0.232 e. The van der Waals surface area contributed by atoms with Crippen LogP contribution in [0.2, 0.25) is 5.02 Å². The molecule has 1 aliphatic rings. The van der Waals surface area contributed by atoms with Crippen LogP contribution in [0.3, 0.4) is 0 Å². The molecule has 5 rings (SSSR count). The first kappa shape index (κ1) is 22.2. The van der Waals surface area contributed by atoms with Gasteiger partial charge in [-0.25, -0.2) is 13.8 Å². The van der Waals surface area contributed by atoms with Crippen LogP contribution in [0.25, 0.3) is 32.2 Å². The number of nitrogens with one attached hydrogen (secondary N) is 2. The second-order valence-electron chi connectivity index (χ2n) is 7.72. The lowest BCUT2D eigenvalue weighted by Crippen LogP contribution is -2.14. The molecule has 6 nitrogen and oxygen atoms in total. The second kappa shape index (κ2) is 8.66. The highest BCUT2D eigenvalue weighted by molar-refractivity contribution is 8.00. The lowest BCUT2D eigenvalue weighted by atomic mass is 10.0. The zero-order chi connectivity index (χ0) is 23.3. The molecular formula is C22H17ClF2N4O2S2. The van der Waals surface area contributed by atoms with E-state index in [2.05, 4.69) is 20.5 Å². The van der Waals surface area contributed by atoms with E-state index in [4.69, 9.17) is 11.6 Å². The number of halogens is 3. The van der Waals surface area contributed by atoms with Gasteiger partial charge < -0.3 is 5.32 Å². The summed E-state index contributed by atoms with van der Waals surface area (Å²) < 4.78 is 29.2. The minimum Gasteiger partial charge on any atom is -0.302 e. The van der Waals surface area contributed by atoms with E-state index in [0.29, 0.717) is 39.1 Å². The molecule has 1 amide bonds. The largest absolute Gasteiger partial charge is 0.302 e. The minimum atomic E-state index is -1.08. The number of Topliss-reactive ketones (excluding diaryl/α,β-unsaturated/α-hetero) is 1. The van der Waals surface area contributed by atoms with Crippen LogP contribution in [0.1, 0.15) is 19.8 Å². The molecule has 0 saturated heterocycles. The van der Waals surface area contributed by atoms with Crippen LogP contribution in [-0.4, -0.2) is 38.8 Å². The number of hydrogen-bond donors (Lipinski definition) is 2. The molecule has 11 heteroatoms. The van der Waals surface area contributed by atoms with Gasteiger partial charge in [0.05, 0.1) is 43.5 Å². The normalized spacial score (nSPS) is 17.6. The van der Waals surface area contributed by atoms with Crippen molar-refractivity contribution < 1.29 is 18.4 Å². The lowest BCUT2D eigenvalue weighted by molar-refractivity contribution is -0.118. The quantitative estimate of drug-likeness (QED) is 0.300. The van der Waals surface area contributed by atoms with Gasteiger partial charge in [0.2, 0.25) is 5.91 Å². The Hall–Kier alpha value is -2.56. The molecule has 170 valence electrons. The van der Waals surface area contributed by atoms with Crippen molar-refractivity contribution >= 4 is 72.6 Å².